The van der Waals surface area contributed by atoms with Gasteiger partial charge in [-0.05, 0) is 0 Å². The van der Waals surface area contributed by atoms with E-state index < -0.39 is 24.3 Å². The van der Waals surface area contributed by atoms with Crippen LogP contribution >= 0.6 is 0 Å². The van der Waals surface area contributed by atoms with Crippen LogP contribution in [0.3, 0.4) is 0 Å². The van der Waals surface area contributed by atoms with Gasteiger partial charge in [0.2, 0.25) is 0 Å². The molecule has 1 unspecified atom stereocenters. The van der Waals surface area contributed by atoms with Crippen molar-refractivity contribution in [2.75, 3.05) is 14.2 Å². The van der Waals surface area contributed by atoms with Gasteiger partial charge < -0.3 is 0 Å². The zero-order valence-corrected chi connectivity index (χ0v) is 20.5. The predicted octanol–water partition coefficient (Wildman–Crippen LogP) is 5.74. The second-order valence-electron chi connectivity index (χ2n) is 7.53. The Balaban J connectivity index is 5.48. The van der Waals surface area contributed by atoms with Crippen LogP contribution in [0.1, 0.15) is 65.7 Å². The first-order valence-corrected chi connectivity index (χ1v) is 18.3. The van der Waals surface area contributed by atoms with Gasteiger partial charge in [0.25, 0.3) is 0 Å². The Labute approximate surface area is 165 Å². The molecular weight excluding hydrogens is 435 g/mol. The van der Waals surface area contributed by atoms with E-state index in [0.717, 1.165) is 4.44 Å². The molecule has 0 spiro atoms. The molecule has 0 aromatic heterocycles. The van der Waals surface area contributed by atoms with Gasteiger partial charge in [-0.1, -0.05) is 0 Å². The molecule has 4 nitrogen and oxygen atoms in total. The van der Waals surface area contributed by atoms with E-state index in [9.17, 15) is 9.59 Å². The topological polar surface area (TPSA) is 52.6 Å². The third-order valence-corrected chi connectivity index (χ3v) is 21.3. The first-order chi connectivity index (χ1) is 12.4. The Morgan fingerprint density at radius 2 is 1.35 bits per heavy atom. The van der Waals surface area contributed by atoms with Crippen molar-refractivity contribution in [3.05, 3.63) is 12.2 Å². The van der Waals surface area contributed by atoms with Crippen molar-refractivity contribution in [1.29, 1.82) is 0 Å². The molecule has 152 valence electrons. The minimum absolute atomic E-state index is 0.194. The van der Waals surface area contributed by atoms with E-state index in [4.69, 9.17) is 9.47 Å². The molecular formula is C21H40O4Sn. The average Bonchev–Trinajstić information content (AvgIpc) is 2.66. The van der Waals surface area contributed by atoms with Crippen molar-refractivity contribution in [2.24, 2.45) is 5.92 Å². The number of unbranched alkanes of at least 4 members (excludes halogenated alkanes) is 3. The third-order valence-electron chi connectivity index (χ3n) is 5.36. The summed E-state index contributed by atoms with van der Waals surface area (Å²) < 4.78 is 14.8. The summed E-state index contributed by atoms with van der Waals surface area (Å²) in [5, 5.41) is 0. The van der Waals surface area contributed by atoms with Crippen LogP contribution in [0.2, 0.25) is 17.7 Å². The SMILES string of the molecule is C=C(CC([CH2][Sn]([CH2]CCC)([CH2]CCC)[CH2]CCC)C(=O)OC)C(=O)OC. The molecule has 0 fully saturated rings. The molecule has 26 heavy (non-hydrogen) atoms. The quantitative estimate of drug-likeness (QED) is 0.172. The summed E-state index contributed by atoms with van der Waals surface area (Å²) in [6, 6.07) is 0. The Bertz CT molecular complexity index is 412. The standard InChI is InChI=1S/C9H13O4.3C4H9.Sn/c1-6(8(10)12-3)5-7(2)9(11)13-4;3*1-3-4-2;/h6H,1-2,5H2,3-4H3;3*1,3-4H2,2H3;. The number of esters is 2. The fourth-order valence-electron chi connectivity index (χ4n) is 3.79. The van der Waals surface area contributed by atoms with Gasteiger partial charge in [-0.2, -0.15) is 0 Å². The summed E-state index contributed by atoms with van der Waals surface area (Å²) in [5.41, 5.74) is 0.379. The molecule has 1 atom stereocenters. The molecule has 0 heterocycles. The maximum absolute atomic E-state index is 12.5. The van der Waals surface area contributed by atoms with Crippen LogP contribution in [0.4, 0.5) is 0 Å². The second kappa shape index (κ2) is 14.5. The fourth-order valence-corrected chi connectivity index (χ4v) is 21.0. The van der Waals surface area contributed by atoms with Crippen LogP contribution in [0.5, 0.6) is 0 Å². The molecule has 0 aromatic rings. The molecule has 0 amide bonds. The zero-order valence-electron chi connectivity index (χ0n) is 17.7. The van der Waals surface area contributed by atoms with Crippen molar-refractivity contribution in [3.8, 4) is 0 Å². The number of hydrogen-bond donors (Lipinski definition) is 0. The van der Waals surface area contributed by atoms with Crippen LogP contribution in [-0.2, 0) is 19.1 Å². The maximum atomic E-state index is 12.5. The van der Waals surface area contributed by atoms with Crippen LogP contribution in [-0.4, -0.2) is 44.5 Å². The number of rotatable bonds is 15. The predicted molar refractivity (Wildman–Crippen MR) is 111 cm³/mol. The third kappa shape index (κ3) is 9.42. The van der Waals surface area contributed by atoms with Crippen LogP contribution in [0.25, 0.3) is 0 Å². The summed E-state index contributed by atoms with van der Waals surface area (Å²) in [6.45, 7) is 10.6. The van der Waals surface area contributed by atoms with E-state index in [-0.39, 0.29) is 11.9 Å². The van der Waals surface area contributed by atoms with Gasteiger partial charge in [-0.3, -0.25) is 0 Å². The van der Waals surface area contributed by atoms with Crippen molar-refractivity contribution >= 4 is 30.3 Å². The van der Waals surface area contributed by atoms with E-state index in [1.807, 2.05) is 0 Å². The molecule has 5 heteroatoms. The number of hydrogen-bond acceptors (Lipinski definition) is 4. The van der Waals surface area contributed by atoms with Crippen molar-refractivity contribution in [1.82, 2.24) is 0 Å². The Morgan fingerprint density at radius 1 is 0.885 bits per heavy atom. The van der Waals surface area contributed by atoms with Gasteiger partial charge in [-0.25, -0.2) is 0 Å². The summed E-state index contributed by atoms with van der Waals surface area (Å²) in [6.07, 6.45) is 7.75. The second-order valence-corrected chi connectivity index (χ2v) is 21.5. The van der Waals surface area contributed by atoms with Crippen molar-refractivity contribution < 1.29 is 19.1 Å². The van der Waals surface area contributed by atoms with E-state index >= 15 is 0 Å². The fraction of sp³-hybridized carbons (Fsp3) is 0.810. The number of carbonyl (C=O) groups is 2. The normalized spacial score (nSPS) is 12.5. The van der Waals surface area contributed by atoms with Crippen LogP contribution < -0.4 is 0 Å². The van der Waals surface area contributed by atoms with E-state index in [2.05, 4.69) is 27.4 Å². The van der Waals surface area contributed by atoms with Gasteiger partial charge in [0.15, 0.2) is 0 Å². The minimum atomic E-state index is -2.50. The van der Waals surface area contributed by atoms with Crippen molar-refractivity contribution in [2.45, 2.75) is 83.5 Å². The molecule has 0 radical (unpaired) electrons. The molecule has 0 aromatic carbocycles. The first-order valence-electron chi connectivity index (χ1n) is 10.2. The molecule has 0 saturated heterocycles. The molecule has 0 aliphatic carbocycles. The Kier molecular flexibility index (Phi) is 14.2. The summed E-state index contributed by atoms with van der Waals surface area (Å²) in [4.78, 5) is 24.3. The summed E-state index contributed by atoms with van der Waals surface area (Å²) in [7, 11) is 2.80. The monoisotopic (exact) mass is 476 g/mol. The average molecular weight is 475 g/mol. The van der Waals surface area contributed by atoms with E-state index in [1.54, 1.807) is 0 Å². The molecule has 0 bridgehead atoms. The van der Waals surface area contributed by atoms with E-state index in [0.29, 0.717) is 12.0 Å². The molecule has 0 saturated carbocycles. The molecule has 0 rings (SSSR count). The first kappa shape index (κ1) is 25.5. The van der Waals surface area contributed by atoms with Gasteiger partial charge in [-0.15, -0.1) is 0 Å². The Hall–Kier alpha value is -0.521. The van der Waals surface area contributed by atoms with Crippen LogP contribution in [0.15, 0.2) is 12.2 Å². The van der Waals surface area contributed by atoms with Gasteiger partial charge >= 0.3 is 165 Å². The Morgan fingerprint density at radius 3 is 1.69 bits per heavy atom. The van der Waals surface area contributed by atoms with Crippen LogP contribution in [0, 0.1) is 5.92 Å². The summed E-state index contributed by atoms with van der Waals surface area (Å²) >= 11 is -2.50. The molecule has 0 aliphatic heterocycles. The van der Waals surface area contributed by atoms with Gasteiger partial charge in [0, 0.05) is 0 Å². The number of ether oxygens (including phenoxy) is 2. The molecule has 0 aliphatic rings. The molecule has 0 N–H and O–H groups in total. The summed E-state index contributed by atoms with van der Waals surface area (Å²) in [5.74, 6) is -0.857. The number of methoxy groups -OCH3 is 2. The number of carbonyl (C=O) groups excluding carboxylic acids is 2. The van der Waals surface area contributed by atoms with Crippen molar-refractivity contribution in [3.63, 3.8) is 0 Å². The van der Waals surface area contributed by atoms with Gasteiger partial charge in [0.1, 0.15) is 0 Å². The van der Waals surface area contributed by atoms with E-state index in [1.165, 1.54) is 66.1 Å². The zero-order chi connectivity index (χ0) is 20.0. The van der Waals surface area contributed by atoms with Gasteiger partial charge in [0.05, 0.1) is 0 Å².